The molecule has 2 heterocycles. The van der Waals surface area contributed by atoms with Gasteiger partial charge in [-0.2, -0.15) is 0 Å². The molecule has 3 aliphatic rings. The van der Waals surface area contributed by atoms with Gasteiger partial charge in [-0.3, -0.25) is 9.69 Å². The lowest BCUT2D eigenvalue weighted by molar-refractivity contribution is -0.139. The number of amides is 1. The van der Waals surface area contributed by atoms with E-state index in [1.54, 1.807) is 0 Å². The highest BCUT2D eigenvalue weighted by atomic mass is 35.5. The minimum absolute atomic E-state index is 0. The molecule has 8 heteroatoms. The van der Waals surface area contributed by atoms with Crippen LogP contribution in [0.3, 0.4) is 0 Å². The van der Waals surface area contributed by atoms with Gasteiger partial charge < -0.3 is 15.2 Å². The Morgan fingerprint density at radius 3 is 2.48 bits per heavy atom. The van der Waals surface area contributed by atoms with Crippen LogP contribution in [-0.2, 0) is 11.3 Å². The largest absolute Gasteiger partial charge is 0.361 e. The first kappa shape index (κ1) is 20.5. The first-order valence-corrected chi connectivity index (χ1v) is 8.81. The molecule has 1 amide bonds. The number of aromatic nitrogens is 1. The number of piperazine rings is 1. The number of halogens is 2. The summed E-state index contributed by atoms with van der Waals surface area (Å²) < 4.78 is 5.12. The number of carbonyl (C=O) groups excluding carboxylic acids is 1. The summed E-state index contributed by atoms with van der Waals surface area (Å²) >= 11 is 0. The maximum Gasteiger partial charge on any atom is 0.227 e. The molecule has 6 nitrogen and oxygen atoms in total. The van der Waals surface area contributed by atoms with Gasteiger partial charge in [0.15, 0.2) is 0 Å². The molecular weight excluding hydrogens is 363 g/mol. The standard InChI is InChI=1S/C17H26N4O2.2ClH/c1-11-8-14(19-23-11)10-20-4-6-21(7-5-20)17(22)15-12-2-3-13(9-12)16(15)18;;/h8,12-13,15-16H,2-7,9-10,18H2,1H3;2*1H. The Labute approximate surface area is 161 Å². The highest BCUT2D eigenvalue weighted by Gasteiger charge is 2.50. The fourth-order valence-corrected chi connectivity index (χ4v) is 4.76. The third kappa shape index (κ3) is 3.97. The van der Waals surface area contributed by atoms with Crippen LogP contribution in [-0.4, -0.2) is 53.1 Å². The van der Waals surface area contributed by atoms with Crippen LogP contribution < -0.4 is 5.73 Å². The third-order valence-electron chi connectivity index (χ3n) is 6.01. The van der Waals surface area contributed by atoms with E-state index in [1.165, 1.54) is 19.3 Å². The van der Waals surface area contributed by atoms with Gasteiger partial charge in [0, 0.05) is 44.8 Å². The predicted molar refractivity (Wildman–Crippen MR) is 99.9 cm³/mol. The van der Waals surface area contributed by atoms with Gasteiger partial charge in [0.2, 0.25) is 5.91 Å². The van der Waals surface area contributed by atoms with Crippen molar-refractivity contribution in [1.82, 2.24) is 15.0 Å². The molecule has 1 aromatic heterocycles. The lowest BCUT2D eigenvalue weighted by Gasteiger charge is -2.38. The van der Waals surface area contributed by atoms with Crippen LogP contribution in [0.4, 0.5) is 0 Å². The van der Waals surface area contributed by atoms with Crippen molar-refractivity contribution >= 4 is 30.7 Å². The van der Waals surface area contributed by atoms with E-state index in [4.69, 9.17) is 10.3 Å². The normalized spacial score (nSPS) is 31.5. The van der Waals surface area contributed by atoms with Crippen molar-refractivity contribution < 1.29 is 9.32 Å². The van der Waals surface area contributed by atoms with Gasteiger partial charge in [-0.05, 0) is 38.0 Å². The summed E-state index contributed by atoms with van der Waals surface area (Å²) in [7, 11) is 0. The fraction of sp³-hybridized carbons (Fsp3) is 0.765. The average molecular weight is 391 g/mol. The molecule has 142 valence electrons. The van der Waals surface area contributed by atoms with Gasteiger partial charge in [-0.25, -0.2) is 0 Å². The molecule has 0 aromatic carbocycles. The van der Waals surface area contributed by atoms with Gasteiger partial charge >= 0.3 is 0 Å². The Bertz CT molecular complexity index is 587. The van der Waals surface area contributed by atoms with Gasteiger partial charge in [0.05, 0.1) is 11.6 Å². The minimum atomic E-state index is 0. The quantitative estimate of drug-likeness (QED) is 0.851. The molecule has 2 bridgehead atoms. The summed E-state index contributed by atoms with van der Waals surface area (Å²) in [5.74, 6) is 2.36. The van der Waals surface area contributed by atoms with E-state index >= 15 is 0 Å². The van der Waals surface area contributed by atoms with E-state index in [0.29, 0.717) is 17.7 Å². The number of nitrogens with zero attached hydrogens (tertiary/aromatic N) is 3. The van der Waals surface area contributed by atoms with Crippen LogP contribution in [0.25, 0.3) is 0 Å². The Balaban J connectivity index is 0.00000113. The summed E-state index contributed by atoms with van der Waals surface area (Å²) in [5.41, 5.74) is 7.30. The van der Waals surface area contributed by atoms with Gasteiger partial charge in [0.1, 0.15) is 5.76 Å². The second-order valence-corrected chi connectivity index (χ2v) is 7.47. The van der Waals surface area contributed by atoms with Crippen LogP contribution in [0.5, 0.6) is 0 Å². The van der Waals surface area contributed by atoms with Crippen LogP contribution in [0.15, 0.2) is 10.6 Å². The molecule has 4 rings (SSSR count). The van der Waals surface area contributed by atoms with E-state index in [1.807, 2.05) is 17.9 Å². The molecule has 0 radical (unpaired) electrons. The zero-order valence-corrected chi connectivity index (χ0v) is 16.2. The summed E-state index contributed by atoms with van der Waals surface area (Å²) in [6.45, 7) is 6.10. The van der Waals surface area contributed by atoms with Crippen molar-refractivity contribution in [2.75, 3.05) is 26.2 Å². The molecule has 1 aromatic rings. The monoisotopic (exact) mass is 390 g/mol. The molecule has 3 fully saturated rings. The Morgan fingerprint density at radius 2 is 1.92 bits per heavy atom. The second-order valence-electron chi connectivity index (χ2n) is 7.47. The summed E-state index contributed by atoms with van der Waals surface area (Å²) in [6, 6.07) is 2.07. The van der Waals surface area contributed by atoms with Crippen molar-refractivity contribution in [2.24, 2.45) is 23.5 Å². The molecule has 1 aliphatic heterocycles. The van der Waals surface area contributed by atoms with Crippen LogP contribution >= 0.6 is 24.8 Å². The molecule has 4 atom stereocenters. The van der Waals surface area contributed by atoms with E-state index < -0.39 is 0 Å². The van der Waals surface area contributed by atoms with Crippen molar-refractivity contribution in [2.45, 2.75) is 38.8 Å². The van der Waals surface area contributed by atoms with Crippen molar-refractivity contribution in [3.05, 3.63) is 17.5 Å². The predicted octanol–water partition coefficient (Wildman–Crippen LogP) is 1.84. The van der Waals surface area contributed by atoms with E-state index in [-0.39, 0.29) is 36.8 Å². The van der Waals surface area contributed by atoms with Crippen LogP contribution in [0.2, 0.25) is 0 Å². The van der Waals surface area contributed by atoms with Crippen molar-refractivity contribution in [1.29, 1.82) is 0 Å². The summed E-state index contributed by atoms with van der Waals surface area (Å²) in [6.07, 6.45) is 3.59. The lowest BCUT2D eigenvalue weighted by atomic mass is 9.84. The minimum Gasteiger partial charge on any atom is -0.361 e. The van der Waals surface area contributed by atoms with Gasteiger partial charge in [-0.15, -0.1) is 24.8 Å². The number of rotatable bonds is 3. The molecule has 1 saturated heterocycles. The van der Waals surface area contributed by atoms with E-state index in [0.717, 1.165) is 44.2 Å². The van der Waals surface area contributed by atoms with Crippen molar-refractivity contribution in [3.63, 3.8) is 0 Å². The highest BCUT2D eigenvalue weighted by Crippen LogP contribution is 2.48. The first-order valence-electron chi connectivity index (χ1n) is 8.81. The molecule has 2 saturated carbocycles. The number of hydrogen-bond donors (Lipinski definition) is 1. The number of hydrogen-bond acceptors (Lipinski definition) is 5. The molecule has 4 unspecified atom stereocenters. The number of carbonyl (C=O) groups is 1. The van der Waals surface area contributed by atoms with Gasteiger partial charge in [-0.1, -0.05) is 5.16 Å². The zero-order valence-electron chi connectivity index (χ0n) is 14.6. The average Bonchev–Trinajstić information content (AvgIpc) is 3.24. The van der Waals surface area contributed by atoms with Crippen LogP contribution in [0.1, 0.15) is 30.7 Å². The smallest absolute Gasteiger partial charge is 0.227 e. The third-order valence-corrected chi connectivity index (χ3v) is 6.01. The Kier molecular flexibility index (Phi) is 6.76. The van der Waals surface area contributed by atoms with E-state index in [9.17, 15) is 4.79 Å². The first-order chi connectivity index (χ1) is 11.1. The van der Waals surface area contributed by atoms with Gasteiger partial charge in [0.25, 0.3) is 0 Å². The maximum absolute atomic E-state index is 12.9. The molecule has 25 heavy (non-hydrogen) atoms. The number of nitrogens with two attached hydrogens (primary N) is 1. The summed E-state index contributed by atoms with van der Waals surface area (Å²) in [4.78, 5) is 17.2. The molecular formula is C17H28Cl2N4O2. The SMILES string of the molecule is Cc1cc(CN2CCN(C(=O)C3C4CCC(C4)C3N)CC2)no1.Cl.Cl. The second kappa shape index (κ2) is 8.25. The van der Waals surface area contributed by atoms with Crippen molar-refractivity contribution in [3.8, 4) is 0 Å². The van der Waals surface area contributed by atoms with Crippen LogP contribution in [0, 0.1) is 24.7 Å². The molecule has 2 N–H and O–H groups in total. The van der Waals surface area contributed by atoms with E-state index in [2.05, 4.69) is 10.1 Å². The highest BCUT2D eigenvalue weighted by molar-refractivity contribution is 5.85. The maximum atomic E-state index is 12.9. The Morgan fingerprint density at radius 1 is 1.24 bits per heavy atom. The zero-order chi connectivity index (χ0) is 16.0. The Hall–Kier alpha value is -0.820. The lowest BCUT2D eigenvalue weighted by Crippen LogP contribution is -2.53. The summed E-state index contributed by atoms with van der Waals surface area (Å²) in [5, 5.41) is 4.05. The number of aryl methyl sites for hydroxylation is 1. The topological polar surface area (TPSA) is 75.6 Å². The fourth-order valence-electron chi connectivity index (χ4n) is 4.76. The molecule has 2 aliphatic carbocycles. The number of fused-ring (bicyclic) bond motifs is 2. The molecule has 0 spiro atoms.